The molecular weight excluding hydrogens is 238 g/mol. The summed E-state index contributed by atoms with van der Waals surface area (Å²) in [5.41, 5.74) is 0.200. The Hall–Kier alpha value is -0.0300. The summed E-state index contributed by atoms with van der Waals surface area (Å²) in [6.45, 7) is 8.76. The van der Waals surface area contributed by atoms with Gasteiger partial charge >= 0.3 is 0 Å². The van der Waals surface area contributed by atoms with Crippen LogP contribution in [0.4, 0.5) is 0 Å². The van der Waals surface area contributed by atoms with Crippen LogP contribution in [0.25, 0.3) is 0 Å². The molecule has 0 amide bonds. The Morgan fingerprint density at radius 1 is 1.50 bits per heavy atom. The van der Waals surface area contributed by atoms with Gasteiger partial charge in [0.2, 0.25) is 0 Å². The number of thiophene rings is 1. The molecule has 1 aliphatic rings. The third-order valence-corrected chi connectivity index (χ3v) is 5.02. The Bertz CT molecular complexity index is 336. The van der Waals surface area contributed by atoms with E-state index in [-0.39, 0.29) is 11.5 Å². The van der Waals surface area contributed by atoms with Crippen LogP contribution >= 0.6 is 23.3 Å². The molecule has 0 radical (unpaired) electrons. The zero-order valence-corrected chi connectivity index (χ0v) is 12.0. The molecule has 4 heteroatoms. The first-order valence-corrected chi connectivity index (χ1v) is 7.18. The van der Waals surface area contributed by atoms with E-state index in [4.69, 9.17) is 4.74 Å². The maximum absolute atomic E-state index is 5.60. The highest BCUT2D eigenvalue weighted by Gasteiger charge is 2.30. The fourth-order valence-corrected chi connectivity index (χ4v) is 4.03. The summed E-state index contributed by atoms with van der Waals surface area (Å²) in [5.74, 6) is 0. The zero-order valence-electron chi connectivity index (χ0n) is 10.3. The van der Waals surface area contributed by atoms with Crippen molar-refractivity contribution >= 4 is 23.3 Å². The van der Waals surface area contributed by atoms with Gasteiger partial charge in [-0.1, -0.05) is 20.8 Å². The second-order valence-corrected chi connectivity index (χ2v) is 7.35. The van der Waals surface area contributed by atoms with Crippen molar-refractivity contribution < 1.29 is 4.74 Å². The third-order valence-electron chi connectivity index (χ3n) is 2.87. The van der Waals surface area contributed by atoms with Gasteiger partial charge in [-0.2, -0.15) is 0 Å². The number of hydrogen-bond acceptors (Lipinski definition) is 4. The lowest BCUT2D eigenvalue weighted by atomic mass is 9.89. The highest BCUT2D eigenvalue weighted by atomic mass is 32.2. The molecule has 1 aliphatic heterocycles. The molecule has 0 bridgehead atoms. The highest BCUT2D eigenvalue weighted by Crippen LogP contribution is 2.40. The van der Waals surface area contributed by atoms with Gasteiger partial charge in [0.1, 0.15) is 0 Å². The smallest absolute Gasteiger partial charge is 0.0755 e. The molecule has 2 heterocycles. The van der Waals surface area contributed by atoms with Gasteiger partial charge in [-0.15, -0.1) is 11.3 Å². The summed E-state index contributed by atoms with van der Waals surface area (Å²) in [4.78, 5) is 2.92. The summed E-state index contributed by atoms with van der Waals surface area (Å²) in [6, 6.07) is 2.21. The molecule has 2 nitrogen and oxygen atoms in total. The molecule has 0 N–H and O–H groups in total. The van der Waals surface area contributed by atoms with E-state index in [9.17, 15) is 0 Å². The van der Waals surface area contributed by atoms with Gasteiger partial charge in [0, 0.05) is 30.0 Å². The molecule has 0 aromatic carbocycles. The Kier molecular flexibility index (Phi) is 3.64. The first kappa shape index (κ1) is 12.4. The Morgan fingerprint density at radius 3 is 2.81 bits per heavy atom. The van der Waals surface area contributed by atoms with Crippen molar-refractivity contribution in [2.45, 2.75) is 38.3 Å². The van der Waals surface area contributed by atoms with E-state index in [1.165, 1.54) is 9.77 Å². The van der Waals surface area contributed by atoms with Crippen LogP contribution in [0.3, 0.4) is 0 Å². The summed E-state index contributed by atoms with van der Waals surface area (Å²) < 4.78 is 8.00. The average Bonchev–Trinajstić information content (AvgIpc) is 2.71. The van der Waals surface area contributed by atoms with E-state index in [1.54, 1.807) is 0 Å². The van der Waals surface area contributed by atoms with Gasteiger partial charge in [-0.3, -0.25) is 0 Å². The molecule has 1 aromatic rings. The van der Waals surface area contributed by atoms with Crippen LogP contribution in [0.15, 0.2) is 16.3 Å². The Labute approximate surface area is 106 Å². The number of hydrogen-bond donors (Lipinski definition) is 0. The lowest BCUT2D eigenvalue weighted by molar-refractivity contribution is 0.00604. The molecular formula is C12H19NOS2. The first-order chi connectivity index (χ1) is 7.50. The second kappa shape index (κ2) is 4.69. The van der Waals surface area contributed by atoms with Crippen LogP contribution in [0, 0.1) is 5.41 Å². The van der Waals surface area contributed by atoms with E-state index in [0.29, 0.717) is 0 Å². The van der Waals surface area contributed by atoms with Crippen molar-refractivity contribution in [3.63, 3.8) is 0 Å². The van der Waals surface area contributed by atoms with Crippen molar-refractivity contribution in [3.8, 4) is 0 Å². The average molecular weight is 257 g/mol. The largest absolute Gasteiger partial charge is 0.380 e. The first-order valence-electron chi connectivity index (χ1n) is 5.53. The van der Waals surface area contributed by atoms with E-state index >= 15 is 0 Å². The van der Waals surface area contributed by atoms with E-state index in [1.807, 2.05) is 30.4 Å². The molecule has 0 saturated carbocycles. The molecule has 0 fully saturated rings. The van der Waals surface area contributed by atoms with Gasteiger partial charge in [-0.25, -0.2) is 4.31 Å². The summed E-state index contributed by atoms with van der Waals surface area (Å²) in [5, 5.41) is 2.17. The minimum Gasteiger partial charge on any atom is -0.380 e. The quantitative estimate of drug-likeness (QED) is 0.767. The zero-order chi connectivity index (χ0) is 11.8. The Morgan fingerprint density at radius 2 is 2.25 bits per heavy atom. The van der Waals surface area contributed by atoms with Gasteiger partial charge in [0.25, 0.3) is 0 Å². The van der Waals surface area contributed by atoms with Crippen molar-refractivity contribution in [3.05, 3.63) is 16.3 Å². The van der Waals surface area contributed by atoms with E-state index in [0.717, 1.165) is 13.1 Å². The maximum Gasteiger partial charge on any atom is 0.0755 e. The third kappa shape index (κ3) is 2.62. The number of rotatable bonds is 3. The molecule has 16 heavy (non-hydrogen) atoms. The monoisotopic (exact) mass is 257 g/mol. The van der Waals surface area contributed by atoms with Gasteiger partial charge in [0.15, 0.2) is 0 Å². The standard InChI is InChI=1S/C12H19NOS2/c1-12(2,3)11(14-4)8-13-7-10-9(16-13)5-6-15-10/h5-6,11H,7-8H2,1-4H3. The SMILES string of the molecule is COC(CN1Cc2sccc2S1)C(C)(C)C. The predicted molar refractivity (Wildman–Crippen MR) is 70.8 cm³/mol. The molecule has 1 aromatic heterocycles. The highest BCUT2D eigenvalue weighted by molar-refractivity contribution is 7.97. The lowest BCUT2D eigenvalue weighted by Crippen LogP contribution is -2.37. The minimum atomic E-state index is 0.200. The molecule has 0 saturated heterocycles. The summed E-state index contributed by atoms with van der Waals surface area (Å²) in [6.07, 6.45) is 0.286. The van der Waals surface area contributed by atoms with Crippen LogP contribution < -0.4 is 0 Å². The predicted octanol–water partition coefficient (Wildman–Crippen LogP) is 3.63. The normalized spacial score (nSPS) is 18.8. The van der Waals surface area contributed by atoms with Gasteiger partial charge in [0.05, 0.1) is 6.10 Å². The van der Waals surface area contributed by atoms with Crippen LogP contribution in [0.1, 0.15) is 25.6 Å². The Balaban J connectivity index is 1.95. The van der Waals surface area contributed by atoms with Crippen molar-refractivity contribution in [1.82, 2.24) is 4.31 Å². The van der Waals surface area contributed by atoms with Crippen molar-refractivity contribution in [1.29, 1.82) is 0 Å². The molecule has 90 valence electrons. The fraction of sp³-hybridized carbons (Fsp3) is 0.667. The van der Waals surface area contributed by atoms with Crippen LogP contribution in [0.5, 0.6) is 0 Å². The fourth-order valence-electron chi connectivity index (χ4n) is 1.85. The molecule has 1 unspecified atom stereocenters. The number of ether oxygens (including phenoxy) is 1. The van der Waals surface area contributed by atoms with E-state index in [2.05, 4.69) is 36.5 Å². The van der Waals surface area contributed by atoms with Crippen LogP contribution in [-0.4, -0.2) is 24.1 Å². The van der Waals surface area contributed by atoms with Crippen molar-refractivity contribution in [2.24, 2.45) is 5.41 Å². The van der Waals surface area contributed by atoms with Gasteiger partial charge < -0.3 is 4.74 Å². The van der Waals surface area contributed by atoms with Crippen LogP contribution in [-0.2, 0) is 11.3 Å². The second-order valence-electron chi connectivity index (χ2n) is 5.21. The van der Waals surface area contributed by atoms with Crippen LogP contribution in [0.2, 0.25) is 0 Å². The summed E-state index contributed by atoms with van der Waals surface area (Å²) in [7, 11) is 1.81. The van der Waals surface area contributed by atoms with E-state index < -0.39 is 0 Å². The summed E-state index contributed by atoms with van der Waals surface area (Å²) >= 11 is 3.72. The van der Waals surface area contributed by atoms with Gasteiger partial charge in [-0.05, 0) is 28.8 Å². The number of nitrogens with zero attached hydrogens (tertiary/aromatic N) is 1. The topological polar surface area (TPSA) is 12.5 Å². The lowest BCUT2D eigenvalue weighted by Gasteiger charge is -2.32. The molecule has 2 rings (SSSR count). The molecule has 0 spiro atoms. The molecule has 1 atom stereocenters. The molecule has 0 aliphatic carbocycles. The number of fused-ring (bicyclic) bond motifs is 1. The minimum absolute atomic E-state index is 0.200. The van der Waals surface area contributed by atoms with Crippen molar-refractivity contribution in [2.75, 3.05) is 13.7 Å². The number of methoxy groups -OCH3 is 1. The maximum atomic E-state index is 5.60.